The summed E-state index contributed by atoms with van der Waals surface area (Å²) < 4.78 is 0. The fourth-order valence-electron chi connectivity index (χ4n) is 5.76. The third-order valence-corrected chi connectivity index (χ3v) is 7.40. The summed E-state index contributed by atoms with van der Waals surface area (Å²) in [7, 11) is 0. The van der Waals surface area contributed by atoms with Crippen molar-refractivity contribution in [3.8, 4) is 0 Å². The first-order chi connectivity index (χ1) is 13.7. The van der Waals surface area contributed by atoms with Gasteiger partial charge in [-0.05, 0) is 63.9 Å². The second kappa shape index (κ2) is 7.21. The highest BCUT2D eigenvalue weighted by molar-refractivity contribution is 5.81. The number of likely N-dealkylation sites (tertiary alicyclic amines) is 1. The Morgan fingerprint density at radius 3 is 2.96 bits per heavy atom. The predicted octanol–water partition coefficient (Wildman–Crippen LogP) is 2.25. The van der Waals surface area contributed by atoms with Crippen LogP contribution in [0.2, 0.25) is 0 Å². The van der Waals surface area contributed by atoms with E-state index in [9.17, 15) is 9.90 Å². The smallest absolute Gasteiger partial charge is 0.226 e. The molecule has 6 heteroatoms. The molecular formula is C22H32N4O2. The Kier molecular flexibility index (Phi) is 4.69. The lowest BCUT2D eigenvalue weighted by Crippen LogP contribution is -2.49. The summed E-state index contributed by atoms with van der Waals surface area (Å²) in [6.07, 6.45) is 12.6. The fourth-order valence-corrected chi connectivity index (χ4v) is 5.76. The van der Waals surface area contributed by atoms with Crippen molar-refractivity contribution in [2.45, 2.75) is 76.4 Å². The van der Waals surface area contributed by atoms with Crippen molar-refractivity contribution >= 4 is 5.91 Å². The van der Waals surface area contributed by atoms with E-state index in [4.69, 9.17) is 0 Å². The molecule has 3 aliphatic carbocycles. The summed E-state index contributed by atoms with van der Waals surface area (Å²) in [6, 6.07) is 0.921. The topological polar surface area (TPSA) is 72.5 Å². The maximum atomic E-state index is 13.8. The van der Waals surface area contributed by atoms with E-state index in [2.05, 4.69) is 33.0 Å². The second-order valence-corrected chi connectivity index (χ2v) is 9.18. The molecule has 1 saturated heterocycles. The number of aryl methyl sites for hydroxylation is 1. The number of aliphatic hydroxyl groups excluding tert-OH is 1. The molecule has 1 aromatic heterocycles. The van der Waals surface area contributed by atoms with Crippen molar-refractivity contribution in [1.29, 1.82) is 0 Å². The molecule has 0 bridgehead atoms. The molecule has 28 heavy (non-hydrogen) atoms. The molecule has 1 aromatic rings. The minimum Gasteiger partial charge on any atom is -0.394 e. The van der Waals surface area contributed by atoms with Crippen LogP contribution in [-0.4, -0.2) is 62.3 Å². The van der Waals surface area contributed by atoms with Gasteiger partial charge in [-0.3, -0.25) is 9.89 Å². The molecule has 4 atom stereocenters. The summed E-state index contributed by atoms with van der Waals surface area (Å²) in [6.45, 7) is 3.22. The number of H-pyrrole nitrogens is 1. The van der Waals surface area contributed by atoms with E-state index in [1.54, 1.807) is 0 Å². The van der Waals surface area contributed by atoms with Gasteiger partial charge in [0.2, 0.25) is 5.91 Å². The zero-order valence-corrected chi connectivity index (χ0v) is 16.8. The number of hydrogen-bond acceptors (Lipinski definition) is 4. The summed E-state index contributed by atoms with van der Waals surface area (Å²) in [4.78, 5) is 18.5. The van der Waals surface area contributed by atoms with Crippen LogP contribution in [0.3, 0.4) is 0 Å². The molecule has 0 spiro atoms. The van der Waals surface area contributed by atoms with Crippen LogP contribution >= 0.6 is 0 Å². The van der Waals surface area contributed by atoms with Crippen LogP contribution in [0, 0.1) is 11.8 Å². The largest absolute Gasteiger partial charge is 0.394 e. The molecule has 2 heterocycles. The van der Waals surface area contributed by atoms with Gasteiger partial charge in [0.05, 0.1) is 12.8 Å². The lowest BCUT2D eigenvalue weighted by molar-refractivity contribution is -0.140. The zero-order chi connectivity index (χ0) is 19.3. The number of allylic oxidation sites excluding steroid dienone is 2. The van der Waals surface area contributed by atoms with Crippen molar-refractivity contribution in [2.24, 2.45) is 11.8 Å². The minimum atomic E-state index is 0.113. The van der Waals surface area contributed by atoms with Gasteiger partial charge in [-0.1, -0.05) is 6.08 Å². The highest BCUT2D eigenvalue weighted by Gasteiger charge is 2.46. The van der Waals surface area contributed by atoms with E-state index in [0.717, 1.165) is 57.9 Å². The first-order valence-electron chi connectivity index (χ1n) is 11.1. The summed E-state index contributed by atoms with van der Waals surface area (Å²) in [5, 5.41) is 16.9. The number of aromatic amines is 1. The number of aliphatic hydroxyl groups is 1. The monoisotopic (exact) mass is 384 g/mol. The van der Waals surface area contributed by atoms with E-state index in [0.29, 0.717) is 23.9 Å². The molecule has 4 unspecified atom stereocenters. The summed E-state index contributed by atoms with van der Waals surface area (Å²) >= 11 is 0. The van der Waals surface area contributed by atoms with Crippen LogP contribution in [0.25, 0.3) is 0 Å². The third kappa shape index (κ3) is 3.06. The van der Waals surface area contributed by atoms with Crippen LogP contribution < -0.4 is 0 Å². The molecule has 1 amide bonds. The Morgan fingerprint density at radius 2 is 2.18 bits per heavy atom. The predicted molar refractivity (Wildman–Crippen MR) is 106 cm³/mol. The number of carbonyl (C=O) groups excluding carboxylic acids is 1. The Morgan fingerprint density at radius 1 is 1.32 bits per heavy atom. The summed E-state index contributed by atoms with van der Waals surface area (Å²) in [5.74, 6) is 0.848. The van der Waals surface area contributed by atoms with Gasteiger partial charge in [-0.15, -0.1) is 0 Å². The minimum absolute atomic E-state index is 0.113. The van der Waals surface area contributed by atoms with Crippen LogP contribution in [0.15, 0.2) is 18.0 Å². The average Bonchev–Trinajstić information content (AvgIpc) is 3.27. The van der Waals surface area contributed by atoms with Gasteiger partial charge >= 0.3 is 0 Å². The van der Waals surface area contributed by atoms with Crippen molar-refractivity contribution in [3.05, 3.63) is 29.2 Å². The van der Waals surface area contributed by atoms with Gasteiger partial charge in [0.25, 0.3) is 0 Å². The number of aromatic nitrogens is 2. The second-order valence-electron chi connectivity index (χ2n) is 9.18. The van der Waals surface area contributed by atoms with E-state index < -0.39 is 0 Å². The van der Waals surface area contributed by atoms with Gasteiger partial charge in [0, 0.05) is 47.9 Å². The molecule has 6 nitrogen and oxygen atoms in total. The maximum Gasteiger partial charge on any atom is 0.226 e. The van der Waals surface area contributed by atoms with Crippen molar-refractivity contribution in [2.75, 3.05) is 13.2 Å². The quantitative estimate of drug-likeness (QED) is 0.817. The van der Waals surface area contributed by atoms with Crippen LogP contribution in [-0.2, 0) is 17.6 Å². The van der Waals surface area contributed by atoms with Gasteiger partial charge in [-0.2, -0.15) is 5.10 Å². The van der Waals surface area contributed by atoms with Crippen molar-refractivity contribution in [3.63, 3.8) is 0 Å². The van der Waals surface area contributed by atoms with Gasteiger partial charge < -0.3 is 14.9 Å². The molecule has 2 fully saturated rings. The highest BCUT2D eigenvalue weighted by atomic mass is 16.3. The van der Waals surface area contributed by atoms with E-state index in [1.165, 1.54) is 17.0 Å². The van der Waals surface area contributed by atoms with Crippen LogP contribution in [0.1, 0.15) is 56.7 Å². The van der Waals surface area contributed by atoms with Gasteiger partial charge in [0.1, 0.15) is 0 Å². The Labute approximate surface area is 167 Å². The molecule has 1 aliphatic heterocycles. The van der Waals surface area contributed by atoms with Crippen LogP contribution in [0.4, 0.5) is 0 Å². The standard InChI is InChI=1S/C22H32N4O2/c1-14(13-27)25-10-9-18-19(3-2-4-21(18)25)22(28)26(16-5-6-16)17-7-8-20-15(11-17)12-23-24-20/h4,12,14,16-19,27H,2-3,5-11,13H2,1H3,(H,23,24). The summed E-state index contributed by atoms with van der Waals surface area (Å²) in [5.41, 5.74) is 3.87. The first kappa shape index (κ1) is 18.2. The molecule has 5 rings (SSSR count). The maximum absolute atomic E-state index is 13.8. The number of nitrogens with one attached hydrogen (secondary N) is 1. The molecule has 2 N–H and O–H groups in total. The van der Waals surface area contributed by atoms with E-state index in [-0.39, 0.29) is 18.6 Å². The Balaban J connectivity index is 1.35. The number of rotatable bonds is 5. The number of amides is 1. The number of carbonyl (C=O) groups is 1. The highest BCUT2D eigenvalue weighted by Crippen LogP contribution is 2.44. The van der Waals surface area contributed by atoms with Crippen molar-refractivity contribution in [1.82, 2.24) is 20.0 Å². The molecule has 4 aliphatic rings. The molecular weight excluding hydrogens is 352 g/mol. The lowest BCUT2D eigenvalue weighted by atomic mass is 9.79. The Hall–Kier alpha value is -1.82. The first-order valence-corrected chi connectivity index (χ1v) is 11.1. The average molecular weight is 385 g/mol. The molecule has 152 valence electrons. The normalized spacial score (nSPS) is 30.4. The number of hydrogen-bond donors (Lipinski definition) is 2. The van der Waals surface area contributed by atoms with Gasteiger partial charge in [0.15, 0.2) is 0 Å². The van der Waals surface area contributed by atoms with Gasteiger partial charge in [-0.25, -0.2) is 0 Å². The third-order valence-electron chi connectivity index (χ3n) is 7.40. The Bertz CT molecular complexity index is 768. The fraction of sp³-hybridized carbons (Fsp3) is 0.727. The van der Waals surface area contributed by atoms with E-state index >= 15 is 0 Å². The van der Waals surface area contributed by atoms with E-state index in [1.807, 2.05) is 6.20 Å². The number of nitrogens with zero attached hydrogens (tertiary/aromatic N) is 3. The molecule has 0 radical (unpaired) electrons. The lowest BCUT2D eigenvalue weighted by Gasteiger charge is -2.40. The molecule has 0 aromatic carbocycles. The number of fused-ring (bicyclic) bond motifs is 2. The SMILES string of the molecule is CC(CO)N1CCC2C1=CCCC2C(=O)N(C1CC1)C1CCc2[nH]ncc2C1. The van der Waals surface area contributed by atoms with Crippen molar-refractivity contribution < 1.29 is 9.90 Å². The zero-order valence-electron chi connectivity index (χ0n) is 16.8. The van der Waals surface area contributed by atoms with Crippen LogP contribution in [0.5, 0.6) is 0 Å². The molecule has 1 saturated carbocycles.